The van der Waals surface area contributed by atoms with Crippen LogP contribution in [0.15, 0.2) is 12.1 Å². The molecule has 1 aromatic carbocycles. The SMILES string of the molecule is CCOC(=O)NNC(=O)Cc1ccc(OC)c(OC)c1OC. The van der Waals surface area contributed by atoms with E-state index in [0.29, 0.717) is 22.8 Å². The second-order valence-electron chi connectivity index (χ2n) is 4.06. The highest BCUT2D eigenvalue weighted by atomic mass is 16.6. The van der Waals surface area contributed by atoms with Crippen molar-refractivity contribution >= 4 is 12.0 Å². The Labute approximate surface area is 128 Å². The summed E-state index contributed by atoms with van der Waals surface area (Å²) in [6.07, 6.45) is -0.745. The maximum absolute atomic E-state index is 11.8. The van der Waals surface area contributed by atoms with Crippen LogP contribution >= 0.6 is 0 Å². The van der Waals surface area contributed by atoms with Crippen LogP contribution in [0.1, 0.15) is 12.5 Å². The van der Waals surface area contributed by atoms with Crippen LogP contribution in [0, 0.1) is 0 Å². The predicted octanol–water partition coefficient (Wildman–Crippen LogP) is 1.03. The molecule has 0 fully saturated rings. The van der Waals surface area contributed by atoms with Gasteiger partial charge in [0.1, 0.15) is 0 Å². The molecule has 0 heterocycles. The molecule has 0 aliphatic heterocycles. The van der Waals surface area contributed by atoms with E-state index < -0.39 is 12.0 Å². The summed E-state index contributed by atoms with van der Waals surface area (Å²) in [5, 5.41) is 0. The summed E-state index contributed by atoms with van der Waals surface area (Å²) < 4.78 is 20.3. The van der Waals surface area contributed by atoms with Gasteiger partial charge in [-0.15, -0.1) is 0 Å². The van der Waals surface area contributed by atoms with Crippen molar-refractivity contribution in [3.05, 3.63) is 17.7 Å². The predicted molar refractivity (Wildman–Crippen MR) is 78.1 cm³/mol. The monoisotopic (exact) mass is 312 g/mol. The summed E-state index contributed by atoms with van der Waals surface area (Å²) >= 11 is 0. The second-order valence-corrected chi connectivity index (χ2v) is 4.06. The molecule has 0 atom stereocenters. The van der Waals surface area contributed by atoms with Gasteiger partial charge >= 0.3 is 6.09 Å². The molecule has 0 aliphatic carbocycles. The molecule has 8 heteroatoms. The van der Waals surface area contributed by atoms with E-state index in [1.54, 1.807) is 19.1 Å². The zero-order valence-corrected chi connectivity index (χ0v) is 13.0. The van der Waals surface area contributed by atoms with Crippen LogP contribution in [0.4, 0.5) is 4.79 Å². The Morgan fingerprint density at radius 2 is 1.68 bits per heavy atom. The largest absolute Gasteiger partial charge is 0.493 e. The van der Waals surface area contributed by atoms with Gasteiger partial charge in [0.2, 0.25) is 11.7 Å². The molecule has 0 saturated heterocycles. The third-order valence-corrected chi connectivity index (χ3v) is 2.72. The minimum atomic E-state index is -0.727. The topological polar surface area (TPSA) is 95.1 Å². The first kappa shape index (κ1) is 17.4. The average molecular weight is 312 g/mol. The van der Waals surface area contributed by atoms with Gasteiger partial charge in [0.25, 0.3) is 0 Å². The Balaban J connectivity index is 2.80. The van der Waals surface area contributed by atoms with E-state index in [-0.39, 0.29) is 13.0 Å². The zero-order chi connectivity index (χ0) is 16.5. The van der Waals surface area contributed by atoms with Crippen LogP contribution in [0.5, 0.6) is 17.2 Å². The first-order valence-corrected chi connectivity index (χ1v) is 6.56. The Morgan fingerprint density at radius 1 is 1.00 bits per heavy atom. The smallest absolute Gasteiger partial charge is 0.426 e. The summed E-state index contributed by atoms with van der Waals surface area (Å²) in [4.78, 5) is 22.9. The minimum absolute atomic E-state index is 0.0179. The molecule has 22 heavy (non-hydrogen) atoms. The minimum Gasteiger partial charge on any atom is -0.493 e. The maximum atomic E-state index is 11.8. The van der Waals surface area contributed by atoms with Crippen LogP contribution < -0.4 is 25.1 Å². The molecule has 1 rings (SSSR count). The molecule has 0 aliphatic rings. The number of nitrogens with one attached hydrogen (secondary N) is 2. The standard InChI is InChI=1S/C14H20N2O6/c1-5-22-14(18)16-15-11(17)8-9-6-7-10(19-2)13(21-4)12(9)20-3/h6-7H,5,8H2,1-4H3,(H,15,17)(H,16,18). The summed E-state index contributed by atoms with van der Waals surface area (Å²) in [5.74, 6) is 0.855. The van der Waals surface area contributed by atoms with Crippen molar-refractivity contribution < 1.29 is 28.5 Å². The number of hydrogen-bond donors (Lipinski definition) is 2. The third-order valence-electron chi connectivity index (χ3n) is 2.72. The number of carbonyl (C=O) groups is 2. The number of amides is 2. The molecule has 2 N–H and O–H groups in total. The fraction of sp³-hybridized carbons (Fsp3) is 0.429. The van der Waals surface area contributed by atoms with Crippen LogP contribution in [-0.2, 0) is 16.0 Å². The van der Waals surface area contributed by atoms with Gasteiger partial charge in [0, 0.05) is 5.56 Å². The number of methoxy groups -OCH3 is 3. The second kappa shape index (κ2) is 8.60. The molecular weight excluding hydrogens is 292 g/mol. The van der Waals surface area contributed by atoms with E-state index in [1.807, 2.05) is 0 Å². The Morgan fingerprint density at radius 3 is 2.23 bits per heavy atom. The molecule has 0 radical (unpaired) electrons. The van der Waals surface area contributed by atoms with Gasteiger partial charge in [-0.3, -0.25) is 10.2 Å². The van der Waals surface area contributed by atoms with E-state index in [0.717, 1.165) is 0 Å². The van der Waals surface area contributed by atoms with E-state index in [1.165, 1.54) is 21.3 Å². The average Bonchev–Trinajstić information content (AvgIpc) is 2.52. The maximum Gasteiger partial charge on any atom is 0.426 e. The number of hydrazine groups is 1. The first-order valence-electron chi connectivity index (χ1n) is 6.56. The molecule has 0 spiro atoms. The summed E-state index contributed by atoms with van der Waals surface area (Å²) in [6, 6.07) is 3.35. The van der Waals surface area contributed by atoms with Gasteiger partial charge in [-0.05, 0) is 13.0 Å². The zero-order valence-electron chi connectivity index (χ0n) is 13.0. The van der Waals surface area contributed by atoms with Crippen molar-refractivity contribution in [3.8, 4) is 17.2 Å². The van der Waals surface area contributed by atoms with Crippen molar-refractivity contribution in [2.24, 2.45) is 0 Å². The van der Waals surface area contributed by atoms with Gasteiger partial charge in [-0.25, -0.2) is 10.2 Å². The molecule has 0 bridgehead atoms. The molecule has 2 amide bonds. The highest BCUT2D eigenvalue weighted by molar-refractivity contribution is 5.82. The Kier molecular flexibility index (Phi) is 6.81. The van der Waals surface area contributed by atoms with E-state index in [2.05, 4.69) is 15.6 Å². The molecule has 0 unspecified atom stereocenters. The summed E-state index contributed by atoms with van der Waals surface area (Å²) in [6.45, 7) is 1.88. The fourth-order valence-electron chi connectivity index (χ4n) is 1.81. The van der Waals surface area contributed by atoms with Gasteiger partial charge in [0.15, 0.2) is 11.5 Å². The van der Waals surface area contributed by atoms with Crippen molar-refractivity contribution in [1.82, 2.24) is 10.9 Å². The molecular formula is C14H20N2O6. The van der Waals surface area contributed by atoms with Gasteiger partial charge in [-0.2, -0.15) is 0 Å². The van der Waals surface area contributed by atoms with Crippen molar-refractivity contribution in [1.29, 1.82) is 0 Å². The Hall–Kier alpha value is -2.64. The number of rotatable bonds is 6. The lowest BCUT2D eigenvalue weighted by Crippen LogP contribution is -2.42. The van der Waals surface area contributed by atoms with Crippen molar-refractivity contribution in [3.63, 3.8) is 0 Å². The number of benzene rings is 1. The molecule has 8 nitrogen and oxygen atoms in total. The lowest BCUT2D eigenvalue weighted by molar-refractivity contribution is -0.121. The first-order chi connectivity index (χ1) is 10.6. The summed E-state index contributed by atoms with van der Waals surface area (Å²) in [7, 11) is 4.45. The lowest BCUT2D eigenvalue weighted by Gasteiger charge is -2.15. The quantitative estimate of drug-likeness (QED) is 0.762. The van der Waals surface area contributed by atoms with E-state index in [4.69, 9.17) is 14.2 Å². The number of carbonyl (C=O) groups excluding carboxylic acids is 2. The normalized spacial score (nSPS) is 9.64. The van der Waals surface area contributed by atoms with Crippen LogP contribution in [0.2, 0.25) is 0 Å². The van der Waals surface area contributed by atoms with Crippen LogP contribution in [-0.4, -0.2) is 39.9 Å². The van der Waals surface area contributed by atoms with Crippen LogP contribution in [0.3, 0.4) is 0 Å². The van der Waals surface area contributed by atoms with E-state index >= 15 is 0 Å². The molecule has 122 valence electrons. The number of ether oxygens (including phenoxy) is 4. The van der Waals surface area contributed by atoms with Crippen molar-refractivity contribution in [2.75, 3.05) is 27.9 Å². The van der Waals surface area contributed by atoms with E-state index in [9.17, 15) is 9.59 Å². The lowest BCUT2D eigenvalue weighted by atomic mass is 10.1. The van der Waals surface area contributed by atoms with Crippen molar-refractivity contribution in [2.45, 2.75) is 13.3 Å². The van der Waals surface area contributed by atoms with Gasteiger partial charge < -0.3 is 18.9 Å². The molecule has 0 saturated carbocycles. The summed E-state index contributed by atoms with van der Waals surface area (Å²) in [5.41, 5.74) is 4.96. The Bertz CT molecular complexity index is 532. The van der Waals surface area contributed by atoms with Gasteiger partial charge in [0.05, 0.1) is 34.4 Å². The highest BCUT2D eigenvalue weighted by Crippen LogP contribution is 2.39. The van der Waals surface area contributed by atoms with Gasteiger partial charge in [-0.1, -0.05) is 6.07 Å². The highest BCUT2D eigenvalue weighted by Gasteiger charge is 2.18. The number of hydrogen-bond acceptors (Lipinski definition) is 6. The third kappa shape index (κ3) is 4.44. The molecule has 0 aromatic heterocycles. The van der Waals surface area contributed by atoms with Crippen LogP contribution in [0.25, 0.3) is 0 Å². The molecule has 1 aromatic rings. The fourth-order valence-corrected chi connectivity index (χ4v) is 1.81.